The first-order valence-electron chi connectivity index (χ1n) is 5.73. The van der Waals surface area contributed by atoms with Gasteiger partial charge in [0.05, 0.1) is 31.7 Å². The zero-order valence-electron chi connectivity index (χ0n) is 10.7. The molecule has 0 spiro atoms. The molecule has 8 nitrogen and oxygen atoms in total. The number of rotatable bonds is 6. The fourth-order valence-electron chi connectivity index (χ4n) is 1.61. The summed E-state index contributed by atoms with van der Waals surface area (Å²) in [5, 5.41) is 4.08. The number of sulfone groups is 1. The monoisotopic (exact) mass is 412 g/mol. The van der Waals surface area contributed by atoms with E-state index in [9.17, 15) is 13.2 Å². The van der Waals surface area contributed by atoms with Crippen LogP contribution in [-0.4, -0.2) is 53.4 Å². The Morgan fingerprint density at radius 2 is 2.20 bits per heavy atom. The Morgan fingerprint density at radius 1 is 1.45 bits per heavy atom. The third-order valence-corrected chi connectivity index (χ3v) is 3.94. The van der Waals surface area contributed by atoms with E-state index in [1.165, 1.54) is 10.9 Å². The molecule has 0 amide bonds. The molecule has 0 aromatic carbocycles. The van der Waals surface area contributed by atoms with E-state index in [0.29, 0.717) is 21.4 Å². The number of nitrogens with one attached hydrogen (secondary N) is 1. The topological polar surface area (TPSA) is 107 Å². The maximum Gasteiger partial charge on any atom is 0.277 e. The van der Waals surface area contributed by atoms with Crippen LogP contribution < -0.4 is 5.56 Å². The summed E-state index contributed by atoms with van der Waals surface area (Å²) in [7, 11) is -3.02. The lowest BCUT2D eigenvalue weighted by atomic mass is 10.4. The minimum absolute atomic E-state index is 0.0206. The van der Waals surface area contributed by atoms with Crippen molar-refractivity contribution in [3.05, 3.63) is 20.4 Å². The molecule has 2 aromatic rings. The zero-order chi connectivity index (χ0) is 14.8. The molecule has 0 fully saturated rings. The summed E-state index contributed by atoms with van der Waals surface area (Å²) in [4.78, 5) is 18.6. The molecule has 110 valence electrons. The summed E-state index contributed by atoms with van der Waals surface area (Å²) in [6, 6.07) is 0. The predicted octanol–water partition coefficient (Wildman–Crippen LogP) is -0.215. The van der Waals surface area contributed by atoms with Crippen LogP contribution in [0.3, 0.4) is 0 Å². The molecule has 0 aliphatic rings. The molecule has 10 heteroatoms. The predicted molar refractivity (Wildman–Crippen MR) is 81.4 cm³/mol. The molecule has 0 radical (unpaired) electrons. The molecule has 2 heterocycles. The number of fused-ring (bicyclic) bond motifs is 1. The second-order valence-electron chi connectivity index (χ2n) is 4.20. The Hall–Kier alpha value is -1.01. The maximum absolute atomic E-state index is 11.8. The van der Waals surface area contributed by atoms with E-state index in [0.717, 1.165) is 6.26 Å². The van der Waals surface area contributed by atoms with E-state index in [2.05, 4.69) is 15.1 Å². The third-order valence-electron chi connectivity index (χ3n) is 2.52. The van der Waals surface area contributed by atoms with Crippen molar-refractivity contribution in [1.29, 1.82) is 0 Å². The average molecular weight is 412 g/mol. The normalized spacial score (nSPS) is 12.1. The fourth-order valence-corrected chi connectivity index (χ4v) is 2.54. The van der Waals surface area contributed by atoms with Crippen LogP contribution in [0.2, 0.25) is 0 Å². The van der Waals surface area contributed by atoms with Gasteiger partial charge in [0.25, 0.3) is 5.56 Å². The van der Waals surface area contributed by atoms with Crippen LogP contribution in [0.1, 0.15) is 0 Å². The van der Waals surface area contributed by atoms with Gasteiger partial charge in [0.2, 0.25) is 0 Å². The number of halogens is 1. The van der Waals surface area contributed by atoms with E-state index >= 15 is 0 Å². The largest absolute Gasteiger partial charge is 0.378 e. The van der Waals surface area contributed by atoms with Crippen molar-refractivity contribution >= 4 is 43.5 Å². The van der Waals surface area contributed by atoms with E-state index in [1.54, 1.807) is 0 Å². The maximum atomic E-state index is 11.8. The number of hydrogen-bond acceptors (Lipinski definition) is 6. The smallest absolute Gasteiger partial charge is 0.277 e. The lowest BCUT2D eigenvalue weighted by molar-refractivity contribution is 0.138. The van der Waals surface area contributed by atoms with E-state index in [1.807, 2.05) is 22.6 Å². The van der Waals surface area contributed by atoms with Gasteiger partial charge in [-0.2, -0.15) is 5.10 Å². The van der Waals surface area contributed by atoms with Crippen LogP contribution in [0.5, 0.6) is 0 Å². The SMILES string of the molecule is CS(=O)(=O)CCOCCn1ncc2nc(I)[nH]c(=O)c21. The Labute approximate surface area is 128 Å². The summed E-state index contributed by atoms with van der Waals surface area (Å²) in [5.74, 6) is -0.0206. The lowest BCUT2D eigenvalue weighted by Gasteiger charge is -2.04. The second-order valence-corrected chi connectivity index (χ2v) is 7.48. The van der Waals surface area contributed by atoms with Gasteiger partial charge in [-0.3, -0.25) is 14.5 Å². The van der Waals surface area contributed by atoms with E-state index in [4.69, 9.17) is 4.74 Å². The molecular formula is C10H13IN4O4S. The Balaban J connectivity index is 1.99. The molecule has 2 rings (SSSR count). The minimum atomic E-state index is -3.02. The average Bonchev–Trinajstić information content (AvgIpc) is 2.70. The van der Waals surface area contributed by atoms with Crippen molar-refractivity contribution in [3.8, 4) is 0 Å². The highest BCUT2D eigenvalue weighted by atomic mass is 127. The van der Waals surface area contributed by atoms with Gasteiger partial charge in [-0.15, -0.1) is 0 Å². The number of hydrogen-bond donors (Lipinski definition) is 1. The first-order valence-corrected chi connectivity index (χ1v) is 8.87. The van der Waals surface area contributed by atoms with Gasteiger partial charge in [0.1, 0.15) is 15.4 Å². The zero-order valence-corrected chi connectivity index (χ0v) is 13.6. The summed E-state index contributed by atoms with van der Waals surface area (Å²) in [6.07, 6.45) is 2.67. The molecule has 20 heavy (non-hydrogen) atoms. The van der Waals surface area contributed by atoms with E-state index in [-0.39, 0.29) is 24.5 Å². The van der Waals surface area contributed by atoms with Gasteiger partial charge in [-0.25, -0.2) is 13.4 Å². The van der Waals surface area contributed by atoms with E-state index < -0.39 is 9.84 Å². The van der Waals surface area contributed by atoms with Gasteiger partial charge in [-0.1, -0.05) is 0 Å². The molecule has 0 aliphatic heterocycles. The van der Waals surface area contributed by atoms with Crippen LogP contribution in [-0.2, 0) is 21.1 Å². The van der Waals surface area contributed by atoms with Gasteiger partial charge in [-0.05, 0) is 22.6 Å². The number of aromatic amines is 1. The van der Waals surface area contributed by atoms with Crippen molar-refractivity contribution in [1.82, 2.24) is 19.7 Å². The van der Waals surface area contributed by atoms with Crippen molar-refractivity contribution in [2.24, 2.45) is 0 Å². The summed E-state index contributed by atoms with van der Waals surface area (Å²) in [6.45, 7) is 0.765. The molecule has 0 aliphatic carbocycles. The van der Waals surface area contributed by atoms with Crippen molar-refractivity contribution < 1.29 is 13.2 Å². The first kappa shape index (κ1) is 15.4. The quantitative estimate of drug-likeness (QED) is 0.400. The number of H-pyrrole nitrogens is 1. The molecule has 0 unspecified atom stereocenters. The highest BCUT2D eigenvalue weighted by Crippen LogP contribution is 2.06. The minimum Gasteiger partial charge on any atom is -0.378 e. The summed E-state index contributed by atoms with van der Waals surface area (Å²) < 4.78 is 29.1. The second kappa shape index (κ2) is 6.18. The molecule has 0 saturated heterocycles. The van der Waals surface area contributed by atoms with Crippen molar-refractivity contribution in [2.45, 2.75) is 6.54 Å². The molecule has 2 aromatic heterocycles. The van der Waals surface area contributed by atoms with Crippen molar-refractivity contribution in [3.63, 3.8) is 0 Å². The standard InChI is InChI=1S/C10H13IN4O4S/c1-20(17,18)5-4-19-3-2-15-8-7(6-12-15)13-10(11)14-9(8)16/h6H,2-5H2,1H3,(H,13,14,16). The van der Waals surface area contributed by atoms with Crippen LogP contribution in [0, 0.1) is 3.83 Å². The highest BCUT2D eigenvalue weighted by Gasteiger charge is 2.09. The molecule has 0 saturated carbocycles. The number of ether oxygens (including phenoxy) is 1. The van der Waals surface area contributed by atoms with Gasteiger partial charge >= 0.3 is 0 Å². The lowest BCUT2D eigenvalue weighted by Crippen LogP contribution is -2.17. The summed E-state index contributed by atoms with van der Waals surface area (Å²) in [5.41, 5.74) is 0.652. The third kappa shape index (κ3) is 3.99. The van der Waals surface area contributed by atoms with Gasteiger partial charge in [0, 0.05) is 6.26 Å². The number of aromatic nitrogens is 4. The molecule has 0 bridgehead atoms. The molecule has 0 atom stereocenters. The first-order chi connectivity index (χ1) is 9.37. The molecular weight excluding hydrogens is 399 g/mol. The van der Waals surface area contributed by atoms with Gasteiger partial charge < -0.3 is 4.74 Å². The van der Waals surface area contributed by atoms with Crippen LogP contribution in [0.4, 0.5) is 0 Å². The van der Waals surface area contributed by atoms with Gasteiger partial charge in [0.15, 0.2) is 9.35 Å². The summed E-state index contributed by atoms with van der Waals surface area (Å²) >= 11 is 1.92. The Kier molecular flexibility index (Phi) is 4.75. The Morgan fingerprint density at radius 3 is 2.90 bits per heavy atom. The van der Waals surface area contributed by atoms with Crippen LogP contribution in [0.25, 0.3) is 11.0 Å². The van der Waals surface area contributed by atoms with Crippen molar-refractivity contribution in [2.75, 3.05) is 25.2 Å². The number of nitrogens with zero attached hydrogens (tertiary/aromatic N) is 3. The Bertz CT molecular complexity index is 767. The highest BCUT2D eigenvalue weighted by molar-refractivity contribution is 14.1. The fraction of sp³-hybridized carbons (Fsp3) is 0.500. The van der Waals surface area contributed by atoms with Crippen LogP contribution >= 0.6 is 22.6 Å². The molecule has 1 N–H and O–H groups in total. The van der Waals surface area contributed by atoms with Crippen LogP contribution in [0.15, 0.2) is 11.0 Å².